The van der Waals surface area contributed by atoms with Crippen molar-refractivity contribution in [3.8, 4) is 0 Å². The van der Waals surface area contributed by atoms with E-state index in [9.17, 15) is 0 Å². The molecule has 2 aliphatic rings. The third-order valence-electron chi connectivity index (χ3n) is 4.51. The van der Waals surface area contributed by atoms with Gasteiger partial charge >= 0.3 is 0 Å². The summed E-state index contributed by atoms with van der Waals surface area (Å²) in [5.41, 5.74) is 6.46. The Kier molecular flexibility index (Phi) is 3.64. The second-order valence-electron chi connectivity index (χ2n) is 5.78. The molecule has 0 aromatic carbocycles. The Balaban J connectivity index is 1.72. The average molecular weight is 277 g/mol. The largest absolute Gasteiger partial charge is 0.303 e. The van der Waals surface area contributed by atoms with E-state index in [1.807, 2.05) is 6.92 Å². The first-order valence-electron chi connectivity index (χ1n) is 7.22. The van der Waals surface area contributed by atoms with Gasteiger partial charge in [0, 0.05) is 17.8 Å². The van der Waals surface area contributed by atoms with Gasteiger partial charge in [-0.15, -0.1) is 0 Å². The summed E-state index contributed by atoms with van der Waals surface area (Å²) in [4.78, 5) is 7.00. The zero-order valence-corrected chi connectivity index (χ0v) is 12.6. The lowest BCUT2D eigenvalue weighted by molar-refractivity contribution is 0.343. The first-order valence-corrected chi connectivity index (χ1v) is 7.60. The molecule has 1 aromatic rings. The molecule has 1 aliphatic heterocycles. The van der Waals surface area contributed by atoms with Gasteiger partial charge in [-0.25, -0.2) is 4.98 Å². The highest BCUT2D eigenvalue weighted by atomic mass is 35.5. The van der Waals surface area contributed by atoms with E-state index in [0.29, 0.717) is 5.15 Å². The molecule has 0 radical (unpaired) electrons. The Morgan fingerprint density at radius 2 is 2.00 bits per heavy atom. The fourth-order valence-corrected chi connectivity index (χ4v) is 3.46. The van der Waals surface area contributed by atoms with E-state index in [0.717, 1.165) is 12.1 Å². The standard InChI is InChI=1S/C16H21ClN2/c1-11-12(2)18-16(17)15-10-13(9-14(11)15)5-8-19-6-3-4-7-19/h10H,3-9H2,1-2H3. The van der Waals surface area contributed by atoms with Crippen LogP contribution in [-0.4, -0.2) is 29.5 Å². The number of aryl methyl sites for hydroxylation is 1. The summed E-state index contributed by atoms with van der Waals surface area (Å²) in [6.45, 7) is 7.96. The van der Waals surface area contributed by atoms with Crippen molar-refractivity contribution in [3.63, 3.8) is 0 Å². The van der Waals surface area contributed by atoms with Crippen LogP contribution in [0, 0.1) is 13.8 Å². The maximum absolute atomic E-state index is 6.27. The second kappa shape index (κ2) is 5.26. The molecule has 2 heterocycles. The van der Waals surface area contributed by atoms with Crippen molar-refractivity contribution in [2.75, 3.05) is 19.6 Å². The van der Waals surface area contributed by atoms with Crippen molar-refractivity contribution < 1.29 is 0 Å². The van der Waals surface area contributed by atoms with Crippen molar-refractivity contribution in [1.82, 2.24) is 9.88 Å². The average Bonchev–Trinajstić information content (AvgIpc) is 3.03. The number of pyridine rings is 1. The van der Waals surface area contributed by atoms with Gasteiger partial charge in [0.1, 0.15) is 5.15 Å². The molecule has 1 saturated heterocycles. The van der Waals surface area contributed by atoms with E-state index in [-0.39, 0.29) is 0 Å². The Labute approximate surface area is 120 Å². The molecule has 19 heavy (non-hydrogen) atoms. The summed E-state index contributed by atoms with van der Waals surface area (Å²) < 4.78 is 0. The monoisotopic (exact) mass is 276 g/mol. The third kappa shape index (κ3) is 2.56. The SMILES string of the molecule is Cc1nc(Cl)c2c(c1C)CC(CCN1CCCC1)=C2. The van der Waals surface area contributed by atoms with E-state index in [2.05, 4.69) is 22.9 Å². The summed E-state index contributed by atoms with van der Waals surface area (Å²) in [5, 5.41) is 0.675. The van der Waals surface area contributed by atoms with Crippen LogP contribution in [-0.2, 0) is 6.42 Å². The van der Waals surface area contributed by atoms with Crippen LogP contribution < -0.4 is 0 Å². The number of halogens is 1. The van der Waals surface area contributed by atoms with Gasteiger partial charge < -0.3 is 4.90 Å². The van der Waals surface area contributed by atoms with Gasteiger partial charge in [-0.3, -0.25) is 0 Å². The van der Waals surface area contributed by atoms with E-state index in [1.54, 1.807) is 0 Å². The molecule has 1 aromatic heterocycles. The Hall–Kier alpha value is -0.860. The second-order valence-corrected chi connectivity index (χ2v) is 6.14. The van der Waals surface area contributed by atoms with Crippen LogP contribution in [0.1, 0.15) is 41.6 Å². The van der Waals surface area contributed by atoms with E-state index < -0.39 is 0 Å². The van der Waals surface area contributed by atoms with Crippen molar-refractivity contribution in [3.05, 3.63) is 33.1 Å². The zero-order chi connectivity index (χ0) is 13.4. The maximum atomic E-state index is 6.27. The highest BCUT2D eigenvalue weighted by molar-refractivity contribution is 6.31. The van der Waals surface area contributed by atoms with Gasteiger partial charge in [0.05, 0.1) is 0 Å². The summed E-state index contributed by atoms with van der Waals surface area (Å²) >= 11 is 6.27. The van der Waals surface area contributed by atoms with Gasteiger partial charge in [-0.2, -0.15) is 0 Å². The summed E-state index contributed by atoms with van der Waals surface area (Å²) in [6.07, 6.45) is 7.25. The molecule has 0 unspecified atom stereocenters. The maximum Gasteiger partial charge on any atom is 0.136 e. The van der Waals surface area contributed by atoms with Crippen LogP contribution in [0.4, 0.5) is 0 Å². The van der Waals surface area contributed by atoms with Crippen molar-refractivity contribution in [2.45, 2.75) is 39.5 Å². The van der Waals surface area contributed by atoms with Gasteiger partial charge in [0.25, 0.3) is 0 Å². The molecule has 0 amide bonds. The number of aromatic nitrogens is 1. The molecule has 3 rings (SSSR count). The minimum absolute atomic E-state index is 0.675. The van der Waals surface area contributed by atoms with Crippen LogP contribution in [0.15, 0.2) is 5.57 Å². The molecule has 1 fully saturated rings. The molecule has 0 bridgehead atoms. The number of rotatable bonds is 3. The van der Waals surface area contributed by atoms with Crippen molar-refractivity contribution in [2.24, 2.45) is 0 Å². The quantitative estimate of drug-likeness (QED) is 0.781. The molecule has 0 saturated carbocycles. The highest BCUT2D eigenvalue weighted by Gasteiger charge is 2.20. The van der Waals surface area contributed by atoms with E-state index in [4.69, 9.17) is 11.6 Å². The summed E-state index contributed by atoms with van der Waals surface area (Å²) in [5.74, 6) is 0. The molecule has 3 heteroatoms. The Bertz CT molecular complexity index is 528. The van der Waals surface area contributed by atoms with Gasteiger partial charge in [-0.05, 0) is 63.7 Å². The molecular formula is C16H21ClN2. The van der Waals surface area contributed by atoms with Crippen LogP contribution >= 0.6 is 11.6 Å². The predicted octanol–water partition coefficient (Wildman–Crippen LogP) is 3.78. The van der Waals surface area contributed by atoms with Crippen LogP contribution in [0.5, 0.6) is 0 Å². The lowest BCUT2D eigenvalue weighted by Crippen LogP contribution is -2.20. The van der Waals surface area contributed by atoms with Crippen molar-refractivity contribution in [1.29, 1.82) is 0 Å². The van der Waals surface area contributed by atoms with E-state index >= 15 is 0 Å². The molecule has 1 aliphatic carbocycles. The Morgan fingerprint density at radius 3 is 2.74 bits per heavy atom. The number of hydrogen-bond donors (Lipinski definition) is 0. The number of fused-ring (bicyclic) bond motifs is 1. The molecule has 0 N–H and O–H groups in total. The molecule has 2 nitrogen and oxygen atoms in total. The predicted molar refractivity (Wildman–Crippen MR) is 80.7 cm³/mol. The van der Waals surface area contributed by atoms with Gasteiger partial charge in [-0.1, -0.05) is 23.3 Å². The molecule has 0 spiro atoms. The summed E-state index contributed by atoms with van der Waals surface area (Å²) in [7, 11) is 0. The zero-order valence-electron chi connectivity index (χ0n) is 11.8. The first kappa shape index (κ1) is 13.1. The normalized spacial score (nSPS) is 18.8. The lowest BCUT2D eigenvalue weighted by Gasteiger charge is -2.14. The molecule has 0 atom stereocenters. The fourth-order valence-electron chi connectivity index (χ4n) is 3.16. The van der Waals surface area contributed by atoms with Crippen LogP contribution in [0.25, 0.3) is 6.08 Å². The van der Waals surface area contributed by atoms with Crippen molar-refractivity contribution >= 4 is 17.7 Å². The van der Waals surface area contributed by atoms with Gasteiger partial charge in [0.2, 0.25) is 0 Å². The van der Waals surface area contributed by atoms with Gasteiger partial charge in [0.15, 0.2) is 0 Å². The molecular weight excluding hydrogens is 256 g/mol. The fraction of sp³-hybridized carbons (Fsp3) is 0.562. The lowest BCUT2D eigenvalue weighted by atomic mass is 10.0. The number of nitrogens with zero attached hydrogens (tertiary/aromatic N) is 2. The topological polar surface area (TPSA) is 16.1 Å². The first-order chi connectivity index (χ1) is 9.15. The highest BCUT2D eigenvalue weighted by Crippen LogP contribution is 2.34. The van der Waals surface area contributed by atoms with E-state index in [1.165, 1.54) is 61.2 Å². The number of hydrogen-bond acceptors (Lipinski definition) is 2. The molecule has 102 valence electrons. The van der Waals surface area contributed by atoms with Crippen LogP contribution in [0.3, 0.4) is 0 Å². The van der Waals surface area contributed by atoms with Crippen LogP contribution in [0.2, 0.25) is 5.15 Å². The third-order valence-corrected chi connectivity index (χ3v) is 4.80. The Morgan fingerprint density at radius 1 is 1.26 bits per heavy atom. The minimum atomic E-state index is 0.675. The smallest absolute Gasteiger partial charge is 0.136 e. The number of likely N-dealkylation sites (tertiary alicyclic amines) is 1. The minimum Gasteiger partial charge on any atom is -0.303 e. The summed E-state index contributed by atoms with van der Waals surface area (Å²) in [6, 6.07) is 0.